The van der Waals surface area contributed by atoms with E-state index in [1.165, 1.54) is 27.3 Å². The van der Waals surface area contributed by atoms with E-state index in [1.807, 2.05) is 12.3 Å². The van der Waals surface area contributed by atoms with E-state index < -0.39 is 7.38 Å². The minimum atomic E-state index is -1.81. The second kappa shape index (κ2) is 8.62. The Kier molecular flexibility index (Phi) is 8.47. The van der Waals surface area contributed by atoms with Crippen molar-refractivity contribution in [3.63, 3.8) is 0 Å². The third-order valence-corrected chi connectivity index (χ3v) is 6.11. The molecule has 0 aliphatic rings. The number of hydrogen-bond acceptors (Lipinski definition) is 1. The van der Waals surface area contributed by atoms with Gasteiger partial charge in [-0.2, -0.15) is 11.1 Å². The quantitative estimate of drug-likeness (QED) is 0.281. The van der Waals surface area contributed by atoms with Gasteiger partial charge in [0, 0.05) is 11.7 Å². The molecule has 0 spiro atoms. The molecule has 1 nitrogen and oxygen atoms in total. The summed E-state index contributed by atoms with van der Waals surface area (Å²) in [5, 5.41) is 2.50. The number of rotatable bonds is 2. The van der Waals surface area contributed by atoms with Crippen LogP contribution >= 0.6 is 11.1 Å². The summed E-state index contributed by atoms with van der Waals surface area (Å²) in [6.45, 7) is 6.48. The number of hydrogen-bond donors (Lipinski definition) is 0. The zero-order chi connectivity index (χ0) is 14.3. The molecule has 0 saturated heterocycles. The van der Waals surface area contributed by atoms with Crippen molar-refractivity contribution in [1.82, 2.24) is 4.98 Å². The normalized spacial score (nSPS) is 10.4. The molecule has 6 heteroatoms. The monoisotopic (exact) mass is 420 g/mol. The van der Waals surface area contributed by atoms with Crippen LogP contribution in [-0.4, -0.2) is 12.4 Å². The molecule has 0 atom stereocenters. The Labute approximate surface area is 166 Å². The molecule has 3 aromatic rings. The smallest absolute Gasteiger partial charge is 1.00 e. The van der Waals surface area contributed by atoms with E-state index in [0.29, 0.717) is 0 Å². The summed E-state index contributed by atoms with van der Waals surface area (Å²) in [5.74, 6) is 0. The second-order valence-electron chi connectivity index (χ2n) is 5.69. The van der Waals surface area contributed by atoms with Crippen LogP contribution in [-0.2, 0) is 17.4 Å². The number of aryl methyl sites for hydroxylation is 1. The van der Waals surface area contributed by atoms with Crippen LogP contribution in [0.3, 0.4) is 0 Å². The van der Waals surface area contributed by atoms with Gasteiger partial charge in [-0.1, -0.05) is 49.3 Å². The second-order valence-corrected chi connectivity index (χ2v) is 12.0. The van der Waals surface area contributed by atoms with Crippen LogP contribution < -0.4 is 30.0 Å². The Hall–Kier alpha value is -0.401. The van der Waals surface area contributed by atoms with E-state index in [2.05, 4.69) is 61.4 Å². The van der Waals surface area contributed by atoms with E-state index in [9.17, 15) is 0 Å². The minimum Gasteiger partial charge on any atom is -1.00 e. The van der Waals surface area contributed by atoms with Crippen molar-refractivity contribution in [2.75, 3.05) is 0 Å². The minimum absolute atomic E-state index is 0. The summed E-state index contributed by atoms with van der Waals surface area (Å²) in [6.07, 6.45) is 1.85. The number of nitrogens with zero attached hydrogens (tertiary/aromatic N) is 1. The van der Waals surface area contributed by atoms with Crippen molar-refractivity contribution in [3.8, 4) is 11.1 Å². The molecule has 1 aromatic heterocycles. The van der Waals surface area contributed by atoms with Gasteiger partial charge in [0.15, 0.2) is 0 Å². The van der Waals surface area contributed by atoms with E-state index in [1.54, 1.807) is 0 Å². The van der Waals surface area contributed by atoms with Crippen molar-refractivity contribution in [3.05, 3.63) is 54.2 Å². The molecule has 2 aromatic carbocycles. The molecule has 121 valence electrons. The molecule has 0 fully saturated rings. The maximum atomic E-state index is 6.61. The Morgan fingerprint density at radius 2 is 1.70 bits per heavy atom. The van der Waals surface area contributed by atoms with Crippen LogP contribution in [0.4, 0.5) is 0 Å². The van der Waals surface area contributed by atoms with Gasteiger partial charge in [-0.25, -0.2) is 0 Å². The maximum absolute atomic E-state index is 6.61. The van der Waals surface area contributed by atoms with Crippen molar-refractivity contribution in [2.45, 2.75) is 20.0 Å². The Morgan fingerprint density at radius 1 is 1.04 bits per heavy atom. The standard InChI is InChI=1S/C17H17ClNSi.2ClH.Cr/c1-12-10-14(11-16(12)20(2,3)18)15-8-4-6-13-7-5-9-19-17(13)15;;;/h4-11H,1-3H3;2*1H;/q-1;;;+3/p-2. The summed E-state index contributed by atoms with van der Waals surface area (Å²) in [5.41, 5.74) is 4.76. The summed E-state index contributed by atoms with van der Waals surface area (Å²) in [4.78, 5) is 4.54. The predicted molar refractivity (Wildman–Crippen MR) is 90.5 cm³/mol. The Morgan fingerprint density at radius 3 is 2.30 bits per heavy atom. The topological polar surface area (TPSA) is 12.9 Å². The van der Waals surface area contributed by atoms with Crippen molar-refractivity contribution < 1.29 is 42.2 Å². The summed E-state index contributed by atoms with van der Waals surface area (Å²) < 4.78 is 0. The Bertz CT molecular complexity index is 776. The molecule has 3 rings (SSSR count). The molecule has 0 N–H and O–H groups in total. The van der Waals surface area contributed by atoms with Crippen molar-refractivity contribution >= 4 is 34.6 Å². The summed E-state index contributed by atoms with van der Waals surface area (Å²) in [7, 11) is -1.81. The molecule has 0 bridgehead atoms. The fourth-order valence-corrected chi connectivity index (χ4v) is 4.87. The molecular weight excluding hydrogens is 405 g/mol. The van der Waals surface area contributed by atoms with E-state index in [4.69, 9.17) is 11.1 Å². The first-order valence-electron chi connectivity index (χ1n) is 6.77. The van der Waals surface area contributed by atoms with Crippen LogP contribution in [0.2, 0.25) is 13.1 Å². The number of fused-ring (bicyclic) bond motifs is 1. The molecule has 1 radical (unpaired) electrons. The molecule has 0 saturated carbocycles. The fraction of sp³-hybridized carbons (Fsp3) is 0.176. The summed E-state index contributed by atoms with van der Waals surface area (Å²) in [6, 6.07) is 14.9. The van der Waals surface area contributed by atoms with Gasteiger partial charge >= 0.3 is 17.4 Å². The van der Waals surface area contributed by atoms with E-state index in [-0.39, 0.29) is 42.2 Å². The largest absolute Gasteiger partial charge is 3.00 e. The van der Waals surface area contributed by atoms with Crippen LogP contribution in [0.15, 0.2) is 48.7 Å². The van der Waals surface area contributed by atoms with Gasteiger partial charge in [0.2, 0.25) is 0 Å². The molecule has 0 amide bonds. The number of para-hydroxylation sites is 1. The zero-order valence-corrected chi connectivity index (χ0v) is 17.7. The number of aromatic nitrogens is 1. The van der Waals surface area contributed by atoms with Gasteiger partial charge in [0.05, 0.1) is 0 Å². The van der Waals surface area contributed by atoms with Gasteiger partial charge in [-0.05, 0) is 11.5 Å². The SMILES string of the molecule is Cc1c[c-](-c2cccc3cccnc23)cc1[Si](C)(C)Cl.[Cl-].[Cl-].[Cr+3]. The van der Waals surface area contributed by atoms with Crippen molar-refractivity contribution in [1.29, 1.82) is 0 Å². The fourth-order valence-electron chi connectivity index (χ4n) is 2.76. The number of pyridine rings is 1. The van der Waals surface area contributed by atoms with Gasteiger partial charge in [0.1, 0.15) is 7.38 Å². The number of halogens is 3. The molecule has 1 heterocycles. The zero-order valence-electron chi connectivity index (χ0n) is 13.1. The van der Waals surface area contributed by atoms with Crippen LogP contribution in [0.5, 0.6) is 0 Å². The number of benzene rings is 1. The average Bonchev–Trinajstić information content (AvgIpc) is 2.80. The first-order chi connectivity index (χ1) is 9.47. The van der Waals surface area contributed by atoms with Gasteiger partial charge < -0.3 is 24.8 Å². The summed E-state index contributed by atoms with van der Waals surface area (Å²) >= 11 is 6.61. The first-order valence-corrected chi connectivity index (χ1v) is 10.8. The average molecular weight is 422 g/mol. The molecular formula is C17H17Cl3CrNSi. The van der Waals surface area contributed by atoms with Gasteiger partial charge in [-0.3, -0.25) is 4.98 Å². The Balaban J connectivity index is 0.00000161. The van der Waals surface area contributed by atoms with E-state index >= 15 is 0 Å². The molecule has 0 unspecified atom stereocenters. The maximum Gasteiger partial charge on any atom is 3.00 e. The van der Waals surface area contributed by atoms with Crippen LogP contribution in [0.1, 0.15) is 5.56 Å². The van der Waals surface area contributed by atoms with Gasteiger partial charge in [0.25, 0.3) is 0 Å². The molecule has 0 aliphatic carbocycles. The van der Waals surface area contributed by atoms with Gasteiger partial charge in [-0.15, -0.1) is 28.9 Å². The van der Waals surface area contributed by atoms with Crippen LogP contribution in [0, 0.1) is 6.92 Å². The third kappa shape index (κ3) is 4.57. The molecule has 0 aliphatic heterocycles. The third-order valence-electron chi connectivity index (χ3n) is 3.68. The van der Waals surface area contributed by atoms with E-state index in [0.717, 1.165) is 5.52 Å². The van der Waals surface area contributed by atoms with Crippen LogP contribution in [0.25, 0.3) is 22.0 Å². The first kappa shape index (κ1) is 22.6. The predicted octanol–water partition coefficient (Wildman–Crippen LogP) is -1.41. The van der Waals surface area contributed by atoms with Crippen molar-refractivity contribution in [2.24, 2.45) is 0 Å². The molecule has 23 heavy (non-hydrogen) atoms.